The van der Waals surface area contributed by atoms with Gasteiger partial charge in [-0.2, -0.15) is 5.10 Å². The van der Waals surface area contributed by atoms with Gasteiger partial charge in [0.2, 0.25) is 11.8 Å². The van der Waals surface area contributed by atoms with Gasteiger partial charge in [-0.15, -0.1) is 10.2 Å². The van der Waals surface area contributed by atoms with Gasteiger partial charge < -0.3 is 14.1 Å². The summed E-state index contributed by atoms with van der Waals surface area (Å²) >= 11 is 0. The summed E-state index contributed by atoms with van der Waals surface area (Å²) in [5, 5.41) is 14.7. The van der Waals surface area contributed by atoms with Gasteiger partial charge in [-0.3, -0.25) is 14.7 Å². The van der Waals surface area contributed by atoms with Crippen LogP contribution in [0.1, 0.15) is 58.4 Å². The summed E-state index contributed by atoms with van der Waals surface area (Å²) in [5.41, 5.74) is 0.596. The van der Waals surface area contributed by atoms with E-state index < -0.39 is 0 Å². The second-order valence-corrected chi connectivity index (χ2v) is 6.89. The molecule has 9 nitrogen and oxygen atoms in total. The number of amides is 1. The first-order valence-corrected chi connectivity index (χ1v) is 8.80. The number of rotatable bonds is 3. The number of nitrogens with zero attached hydrogens (tertiary/aromatic N) is 4. The Kier molecular flexibility index (Phi) is 4.31. The number of aryl methyl sites for hydroxylation is 1. The van der Waals surface area contributed by atoms with Crippen LogP contribution in [0, 0.1) is 12.8 Å². The molecular formula is C17H21N5O4. The van der Waals surface area contributed by atoms with Gasteiger partial charge in [0.05, 0.1) is 6.10 Å². The van der Waals surface area contributed by atoms with Crippen LogP contribution in [0.5, 0.6) is 0 Å². The lowest BCUT2D eigenvalue weighted by atomic mass is 9.79. The highest BCUT2D eigenvalue weighted by atomic mass is 16.5. The van der Waals surface area contributed by atoms with E-state index in [1.54, 1.807) is 11.8 Å². The molecule has 2 aromatic rings. The normalized spacial score (nSPS) is 25.8. The lowest BCUT2D eigenvalue weighted by Crippen LogP contribution is -2.51. The van der Waals surface area contributed by atoms with Crippen LogP contribution in [0.25, 0.3) is 0 Å². The third-order valence-corrected chi connectivity index (χ3v) is 5.18. The Morgan fingerprint density at radius 3 is 2.85 bits per heavy atom. The van der Waals surface area contributed by atoms with Gasteiger partial charge in [-0.25, -0.2) is 0 Å². The summed E-state index contributed by atoms with van der Waals surface area (Å²) < 4.78 is 11.6. The zero-order valence-corrected chi connectivity index (χ0v) is 14.8. The molecule has 0 aromatic carbocycles. The number of nitrogens with one attached hydrogen (secondary N) is 1. The Hall–Kier alpha value is -2.55. The van der Waals surface area contributed by atoms with E-state index in [1.165, 1.54) is 13.0 Å². The summed E-state index contributed by atoms with van der Waals surface area (Å²) in [7, 11) is 0. The summed E-state index contributed by atoms with van der Waals surface area (Å²) in [6, 6.07) is 1.51. The number of hydrogen-bond donors (Lipinski definition) is 1. The molecule has 4 heterocycles. The Morgan fingerprint density at radius 1 is 1.31 bits per heavy atom. The van der Waals surface area contributed by atoms with Crippen LogP contribution in [0.15, 0.2) is 10.5 Å². The minimum atomic E-state index is -0.175. The largest absolute Gasteiger partial charge is 0.425 e. The quantitative estimate of drug-likeness (QED) is 0.822. The highest BCUT2D eigenvalue weighted by Crippen LogP contribution is 2.39. The molecule has 1 amide bonds. The highest BCUT2D eigenvalue weighted by Gasteiger charge is 2.42. The molecule has 138 valence electrons. The number of aromatic nitrogens is 4. The fourth-order valence-corrected chi connectivity index (χ4v) is 3.85. The molecule has 0 spiro atoms. The van der Waals surface area contributed by atoms with Crippen molar-refractivity contribution in [2.45, 2.75) is 38.7 Å². The number of H-pyrrole nitrogens is 1. The number of ether oxygens (including phenoxy) is 1. The predicted molar refractivity (Wildman–Crippen MR) is 88.7 cm³/mol. The van der Waals surface area contributed by atoms with E-state index in [2.05, 4.69) is 20.4 Å². The molecule has 4 rings (SSSR count). The molecule has 2 aromatic heterocycles. The standard InChI is InChI=1S/C17H21N5O4/c1-9(23)13-7-14(20-19-13)17(24)22-5-3-15-12(8-22)11(4-6-25-15)16-21-18-10(2)26-16/h7,11-12,15H,3-6,8H2,1-2H3,(H,19,20)/t11-,12-,15-/m1/s1. The molecule has 26 heavy (non-hydrogen) atoms. The fraction of sp³-hybridized carbons (Fsp3) is 0.588. The van der Waals surface area contributed by atoms with E-state index in [-0.39, 0.29) is 35.3 Å². The molecule has 0 saturated carbocycles. The zero-order chi connectivity index (χ0) is 18.3. The SMILES string of the molecule is CC(=O)c1cc(C(=O)N2CC[C@H]3OCC[C@@H](c4nnc(C)o4)[C@H]3C2)[nH]n1. The van der Waals surface area contributed by atoms with Gasteiger partial charge in [0.1, 0.15) is 11.4 Å². The molecule has 0 aliphatic carbocycles. The lowest BCUT2D eigenvalue weighted by molar-refractivity contribution is -0.0752. The molecule has 2 aliphatic rings. The van der Waals surface area contributed by atoms with Crippen LogP contribution in [-0.2, 0) is 4.74 Å². The molecule has 1 N–H and O–H groups in total. The predicted octanol–water partition coefficient (Wildman–Crippen LogP) is 1.34. The van der Waals surface area contributed by atoms with Gasteiger partial charge in [0.15, 0.2) is 5.78 Å². The van der Waals surface area contributed by atoms with E-state index in [4.69, 9.17) is 9.15 Å². The highest BCUT2D eigenvalue weighted by molar-refractivity contribution is 5.97. The van der Waals surface area contributed by atoms with Crippen molar-refractivity contribution in [3.63, 3.8) is 0 Å². The maximum absolute atomic E-state index is 12.8. The number of likely N-dealkylation sites (tertiary alicyclic amines) is 1. The summed E-state index contributed by atoms with van der Waals surface area (Å²) in [6.45, 7) is 5.00. The van der Waals surface area contributed by atoms with Gasteiger partial charge >= 0.3 is 0 Å². The minimum Gasteiger partial charge on any atom is -0.425 e. The zero-order valence-electron chi connectivity index (χ0n) is 14.8. The molecule has 3 atom stereocenters. The van der Waals surface area contributed by atoms with Crippen molar-refractivity contribution in [2.24, 2.45) is 5.92 Å². The van der Waals surface area contributed by atoms with E-state index >= 15 is 0 Å². The second-order valence-electron chi connectivity index (χ2n) is 6.89. The van der Waals surface area contributed by atoms with Crippen LogP contribution in [-0.4, -0.2) is 62.8 Å². The number of piperidine rings is 1. The van der Waals surface area contributed by atoms with Crippen LogP contribution >= 0.6 is 0 Å². The van der Waals surface area contributed by atoms with Gasteiger partial charge in [-0.1, -0.05) is 0 Å². The maximum Gasteiger partial charge on any atom is 0.271 e. The minimum absolute atomic E-state index is 0.0829. The lowest BCUT2D eigenvalue weighted by Gasteiger charge is -2.43. The number of aromatic amines is 1. The van der Waals surface area contributed by atoms with Crippen molar-refractivity contribution >= 4 is 11.7 Å². The Morgan fingerprint density at radius 2 is 2.15 bits per heavy atom. The Balaban J connectivity index is 1.53. The number of Topliss-reactive ketones (excluding diaryl/α,β-unsaturated/α-hetero) is 1. The second kappa shape index (κ2) is 6.64. The van der Waals surface area contributed by atoms with Gasteiger partial charge in [-0.05, 0) is 18.9 Å². The average Bonchev–Trinajstić information content (AvgIpc) is 3.29. The number of fused-ring (bicyclic) bond motifs is 1. The Bertz CT molecular complexity index is 829. The molecule has 0 unspecified atom stereocenters. The summed E-state index contributed by atoms with van der Waals surface area (Å²) in [6.07, 6.45) is 1.64. The summed E-state index contributed by atoms with van der Waals surface area (Å²) in [4.78, 5) is 26.0. The third kappa shape index (κ3) is 3.03. The van der Waals surface area contributed by atoms with Crippen molar-refractivity contribution in [3.8, 4) is 0 Å². The molecular weight excluding hydrogens is 338 g/mol. The van der Waals surface area contributed by atoms with Crippen molar-refractivity contribution < 1.29 is 18.7 Å². The third-order valence-electron chi connectivity index (χ3n) is 5.18. The first-order valence-electron chi connectivity index (χ1n) is 8.80. The average molecular weight is 359 g/mol. The molecule has 0 radical (unpaired) electrons. The smallest absolute Gasteiger partial charge is 0.271 e. The van der Waals surface area contributed by atoms with Crippen molar-refractivity contribution in [1.29, 1.82) is 0 Å². The summed E-state index contributed by atoms with van der Waals surface area (Å²) in [5.74, 6) is 1.02. The first kappa shape index (κ1) is 16.9. The molecule has 9 heteroatoms. The molecule has 2 saturated heterocycles. The van der Waals surface area contributed by atoms with Crippen LogP contribution < -0.4 is 0 Å². The van der Waals surface area contributed by atoms with E-state index in [1.807, 2.05) is 0 Å². The van der Waals surface area contributed by atoms with Crippen LogP contribution in [0.2, 0.25) is 0 Å². The fourth-order valence-electron chi connectivity index (χ4n) is 3.85. The van der Waals surface area contributed by atoms with Crippen molar-refractivity contribution in [2.75, 3.05) is 19.7 Å². The number of ketones is 1. The topological polar surface area (TPSA) is 114 Å². The number of carbonyl (C=O) groups excluding carboxylic acids is 2. The van der Waals surface area contributed by atoms with Crippen LogP contribution in [0.4, 0.5) is 0 Å². The van der Waals surface area contributed by atoms with Crippen molar-refractivity contribution in [1.82, 2.24) is 25.3 Å². The van der Waals surface area contributed by atoms with E-state index in [0.717, 1.165) is 12.8 Å². The number of carbonyl (C=O) groups is 2. The molecule has 0 bridgehead atoms. The van der Waals surface area contributed by atoms with Gasteiger partial charge in [0.25, 0.3) is 5.91 Å². The maximum atomic E-state index is 12.8. The number of hydrogen-bond acceptors (Lipinski definition) is 7. The van der Waals surface area contributed by atoms with E-state index in [0.29, 0.717) is 37.2 Å². The first-order chi connectivity index (χ1) is 12.5. The van der Waals surface area contributed by atoms with Crippen molar-refractivity contribution in [3.05, 3.63) is 29.2 Å². The van der Waals surface area contributed by atoms with Crippen LogP contribution in [0.3, 0.4) is 0 Å². The Labute approximate surface area is 150 Å². The molecule has 2 aliphatic heterocycles. The monoisotopic (exact) mass is 359 g/mol. The molecule has 2 fully saturated rings. The van der Waals surface area contributed by atoms with Gasteiger partial charge in [0, 0.05) is 45.4 Å². The van der Waals surface area contributed by atoms with E-state index in [9.17, 15) is 9.59 Å².